The van der Waals surface area contributed by atoms with Crippen molar-refractivity contribution < 1.29 is 9.59 Å². The van der Waals surface area contributed by atoms with E-state index < -0.39 is 0 Å². The molecule has 0 unspecified atom stereocenters. The smallest absolute Gasteiger partial charge is 0.273 e. The number of anilines is 2. The second kappa shape index (κ2) is 11.2. The van der Waals surface area contributed by atoms with Crippen LogP contribution in [-0.4, -0.2) is 52.6 Å². The van der Waals surface area contributed by atoms with Gasteiger partial charge in [0.25, 0.3) is 11.8 Å². The van der Waals surface area contributed by atoms with Crippen LogP contribution >= 0.6 is 11.6 Å². The number of pyridine rings is 1. The lowest BCUT2D eigenvalue weighted by molar-refractivity contribution is 0.0723. The van der Waals surface area contributed by atoms with Gasteiger partial charge in [0.1, 0.15) is 34.4 Å². The van der Waals surface area contributed by atoms with Crippen LogP contribution in [0.2, 0.25) is 5.28 Å². The maximum Gasteiger partial charge on any atom is 0.273 e. The maximum absolute atomic E-state index is 13.4. The van der Waals surface area contributed by atoms with E-state index in [2.05, 4.69) is 39.1 Å². The number of aromatic nitrogens is 6. The van der Waals surface area contributed by atoms with Gasteiger partial charge < -0.3 is 16.0 Å². The van der Waals surface area contributed by atoms with E-state index in [1.165, 1.54) is 6.20 Å². The van der Waals surface area contributed by atoms with E-state index in [-0.39, 0.29) is 28.8 Å². The molecule has 1 fully saturated rings. The van der Waals surface area contributed by atoms with Crippen LogP contribution in [-0.2, 0) is 0 Å². The number of halogens is 1. The third-order valence-electron chi connectivity index (χ3n) is 7.38. The minimum absolute atomic E-state index is 0.0152. The summed E-state index contributed by atoms with van der Waals surface area (Å²) in [5.74, 6) is 1.28. The van der Waals surface area contributed by atoms with Crippen LogP contribution in [0.5, 0.6) is 0 Å². The third-order valence-corrected chi connectivity index (χ3v) is 7.56. The second-order valence-corrected chi connectivity index (χ2v) is 10.7. The van der Waals surface area contributed by atoms with Crippen molar-refractivity contribution in [1.29, 1.82) is 0 Å². The molecule has 1 aromatic carbocycles. The van der Waals surface area contributed by atoms with Crippen LogP contribution in [0.15, 0.2) is 67.3 Å². The first-order valence-electron chi connectivity index (χ1n) is 13.6. The number of nitrogens with zero attached hydrogens (tertiary/aromatic N) is 7. The molecule has 2 amide bonds. The molecule has 1 saturated heterocycles. The molecular formula is C30H28ClN9O2. The van der Waals surface area contributed by atoms with Crippen molar-refractivity contribution in [1.82, 2.24) is 34.2 Å². The fourth-order valence-electron chi connectivity index (χ4n) is 5.25. The standard InChI is InChI=1S/C30H28ClN9O2/c1-17(2)20-9-11-33-23(16-20)37-28(41)19-7-5-18(6-8-19)24-25-26(32)34-13-15-40(25)27(38-24)22-4-3-14-39(22)29(42)21-10-12-35-30(31)36-21/h5-13,15-17,22H,3-4,14H2,1-2H3,(H2,32,34)(H,33,37,41)/t22-/m0/s1. The van der Waals surface area contributed by atoms with Crippen molar-refractivity contribution in [2.45, 2.75) is 38.6 Å². The molecule has 0 bridgehead atoms. The first-order valence-corrected chi connectivity index (χ1v) is 14.0. The van der Waals surface area contributed by atoms with E-state index in [1.807, 2.05) is 28.7 Å². The van der Waals surface area contributed by atoms with Gasteiger partial charge in [-0.15, -0.1) is 0 Å². The minimum Gasteiger partial charge on any atom is -0.382 e. The van der Waals surface area contributed by atoms with Gasteiger partial charge in [-0.3, -0.25) is 14.0 Å². The Morgan fingerprint density at radius 2 is 1.81 bits per heavy atom. The van der Waals surface area contributed by atoms with Crippen LogP contribution in [0.25, 0.3) is 16.8 Å². The summed E-state index contributed by atoms with van der Waals surface area (Å²) in [5, 5.41) is 2.89. The number of amides is 2. The molecule has 42 heavy (non-hydrogen) atoms. The number of hydrogen-bond donors (Lipinski definition) is 2. The van der Waals surface area contributed by atoms with Crippen LogP contribution in [0.4, 0.5) is 11.6 Å². The molecule has 12 heteroatoms. The summed E-state index contributed by atoms with van der Waals surface area (Å²) in [6.07, 6.45) is 8.08. The molecule has 4 aromatic heterocycles. The third kappa shape index (κ3) is 5.14. The van der Waals surface area contributed by atoms with Crippen molar-refractivity contribution in [3.63, 3.8) is 0 Å². The van der Waals surface area contributed by atoms with Gasteiger partial charge in [0, 0.05) is 42.5 Å². The lowest BCUT2D eigenvalue weighted by atomic mass is 10.1. The average molecular weight is 582 g/mol. The van der Waals surface area contributed by atoms with Crippen LogP contribution in [0.1, 0.15) is 70.9 Å². The topological polar surface area (TPSA) is 144 Å². The summed E-state index contributed by atoms with van der Waals surface area (Å²) in [6.45, 7) is 4.72. The summed E-state index contributed by atoms with van der Waals surface area (Å²) in [7, 11) is 0. The molecule has 6 rings (SSSR count). The Balaban J connectivity index is 1.31. The summed E-state index contributed by atoms with van der Waals surface area (Å²) in [5.41, 5.74) is 10.1. The molecule has 212 valence electrons. The molecule has 1 aliphatic rings. The lowest BCUT2D eigenvalue weighted by Crippen LogP contribution is -2.32. The zero-order chi connectivity index (χ0) is 29.4. The van der Waals surface area contributed by atoms with Crippen molar-refractivity contribution in [3.8, 4) is 11.3 Å². The fourth-order valence-corrected chi connectivity index (χ4v) is 5.39. The molecule has 5 heterocycles. The van der Waals surface area contributed by atoms with Gasteiger partial charge in [0.05, 0.1) is 6.04 Å². The van der Waals surface area contributed by atoms with E-state index >= 15 is 0 Å². The van der Waals surface area contributed by atoms with Crippen LogP contribution in [0.3, 0.4) is 0 Å². The lowest BCUT2D eigenvalue weighted by Gasteiger charge is -2.23. The number of hydrogen-bond acceptors (Lipinski definition) is 8. The first kappa shape index (κ1) is 27.3. The molecule has 5 aromatic rings. The fraction of sp³-hybridized carbons (Fsp3) is 0.233. The predicted octanol–water partition coefficient (Wildman–Crippen LogP) is 5.17. The SMILES string of the molecule is CC(C)c1ccnc(NC(=O)c2ccc(-c3nc([C@@H]4CCCN4C(=O)c4ccnc(Cl)n4)n4ccnc(N)c34)cc2)c1. The van der Waals surface area contributed by atoms with Gasteiger partial charge in [-0.2, -0.15) is 0 Å². The Bertz CT molecular complexity index is 1800. The number of rotatable bonds is 6. The summed E-state index contributed by atoms with van der Waals surface area (Å²) < 4.78 is 1.88. The zero-order valence-electron chi connectivity index (χ0n) is 23.0. The monoisotopic (exact) mass is 581 g/mol. The predicted molar refractivity (Wildman–Crippen MR) is 159 cm³/mol. The molecule has 1 atom stereocenters. The molecule has 0 saturated carbocycles. The van der Waals surface area contributed by atoms with Crippen LogP contribution in [0, 0.1) is 0 Å². The maximum atomic E-state index is 13.4. The number of fused-ring (bicyclic) bond motifs is 1. The number of benzene rings is 1. The van der Waals surface area contributed by atoms with Crippen molar-refractivity contribution in [3.05, 3.63) is 95.2 Å². The quantitative estimate of drug-likeness (QED) is 0.261. The Morgan fingerprint density at radius 3 is 2.57 bits per heavy atom. The Kier molecular flexibility index (Phi) is 7.26. The molecule has 0 aliphatic carbocycles. The molecule has 1 aliphatic heterocycles. The number of likely N-dealkylation sites (tertiary alicyclic amines) is 1. The first-order chi connectivity index (χ1) is 20.3. The van der Waals surface area contributed by atoms with Crippen LogP contribution < -0.4 is 11.1 Å². The number of imidazole rings is 1. The minimum atomic E-state index is -0.312. The number of nitrogens with two attached hydrogens (primary N) is 1. The van der Waals surface area contributed by atoms with Crippen molar-refractivity contribution >= 4 is 40.6 Å². The van der Waals surface area contributed by atoms with E-state index in [9.17, 15) is 9.59 Å². The van der Waals surface area contributed by atoms with E-state index in [0.29, 0.717) is 46.7 Å². The summed E-state index contributed by atoms with van der Waals surface area (Å²) in [4.78, 5) is 49.7. The van der Waals surface area contributed by atoms with E-state index in [0.717, 1.165) is 24.0 Å². The highest BCUT2D eigenvalue weighted by Gasteiger charge is 2.35. The number of nitrogens with one attached hydrogen (secondary N) is 1. The highest BCUT2D eigenvalue weighted by molar-refractivity contribution is 6.28. The van der Waals surface area contributed by atoms with Crippen molar-refractivity contribution in [2.75, 3.05) is 17.6 Å². The highest BCUT2D eigenvalue weighted by Crippen LogP contribution is 2.37. The zero-order valence-corrected chi connectivity index (χ0v) is 23.8. The van der Waals surface area contributed by atoms with Gasteiger partial charge in [-0.05, 0) is 66.3 Å². The Labute approximate surface area is 246 Å². The van der Waals surface area contributed by atoms with Gasteiger partial charge >= 0.3 is 0 Å². The molecule has 3 N–H and O–H groups in total. The number of carbonyl (C=O) groups is 2. The normalized spacial score (nSPS) is 15.0. The number of carbonyl (C=O) groups excluding carboxylic acids is 2. The summed E-state index contributed by atoms with van der Waals surface area (Å²) in [6, 6.07) is 12.2. The molecular weight excluding hydrogens is 554 g/mol. The Hall–Kier alpha value is -4.90. The van der Waals surface area contributed by atoms with Gasteiger partial charge in [-0.1, -0.05) is 26.0 Å². The largest absolute Gasteiger partial charge is 0.382 e. The molecule has 0 radical (unpaired) electrons. The van der Waals surface area contributed by atoms with E-state index in [4.69, 9.17) is 22.3 Å². The van der Waals surface area contributed by atoms with Crippen molar-refractivity contribution in [2.24, 2.45) is 0 Å². The van der Waals surface area contributed by atoms with Gasteiger partial charge in [0.2, 0.25) is 5.28 Å². The summed E-state index contributed by atoms with van der Waals surface area (Å²) >= 11 is 5.95. The highest BCUT2D eigenvalue weighted by atomic mass is 35.5. The van der Waals surface area contributed by atoms with E-state index in [1.54, 1.807) is 41.7 Å². The molecule has 11 nitrogen and oxygen atoms in total. The van der Waals surface area contributed by atoms with Gasteiger partial charge in [-0.25, -0.2) is 24.9 Å². The second-order valence-electron chi connectivity index (χ2n) is 10.4. The molecule has 0 spiro atoms. The number of nitrogen functional groups attached to an aromatic ring is 1. The Morgan fingerprint density at radius 1 is 1.02 bits per heavy atom. The average Bonchev–Trinajstić information content (AvgIpc) is 3.63. The van der Waals surface area contributed by atoms with Gasteiger partial charge in [0.15, 0.2) is 0 Å².